The van der Waals surface area contributed by atoms with E-state index in [1.54, 1.807) is 0 Å². The fourth-order valence-corrected chi connectivity index (χ4v) is 5.68. The maximum atomic E-state index is 13.0. The van der Waals surface area contributed by atoms with Crippen LogP contribution in [0.25, 0.3) is 0 Å². The Morgan fingerprint density at radius 2 is 1.81 bits per heavy atom. The van der Waals surface area contributed by atoms with Gasteiger partial charge in [0.2, 0.25) is 5.91 Å². The maximum Gasteiger partial charge on any atom is 0.435 e. The minimum Gasteiger partial charge on any atom is -0.273 e. The molecule has 4 aliphatic rings. The number of alkyl halides is 3. The second kappa shape index (κ2) is 5.97. The first-order chi connectivity index (χ1) is 12.2. The minimum atomic E-state index is -4.64. The van der Waals surface area contributed by atoms with Crippen molar-refractivity contribution in [1.82, 2.24) is 15.2 Å². The molecule has 1 amide bonds. The number of hydrogen-bond donors (Lipinski definition) is 1. The molecule has 0 aliphatic heterocycles. The summed E-state index contributed by atoms with van der Waals surface area (Å²) >= 11 is 5.89. The molecule has 4 aliphatic carbocycles. The van der Waals surface area contributed by atoms with Crippen molar-refractivity contribution in [2.45, 2.75) is 44.7 Å². The van der Waals surface area contributed by atoms with Gasteiger partial charge in [-0.3, -0.25) is 9.48 Å². The molecule has 0 atom stereocenters. The smallest absolute Gasteiger partial charge is 0.273 e. The van der Waals surface area contributed by atoms with Crippen LogP contribution in [0.5, 0.6) is 0 Å². The maximum absolute atomic E-state index is 13.0. The Balaban J connectivity index is 1.51. The summed E-state index contributed by atoms with van der Waals surface area (Å²) in [5.74, 6) is 1.61. The molecule has 1 heterocycles. The number of amides is 1. The van der Waals surface area contributed by atoms with E-state index < -0.39 is 17.3 Å². The molecule has 0 saturated heterocycles. The Hall–Kier alpha value is -1.57. The molecule has 26 heavy (non-hydrogen) atoms. The van der Waals surface area contributed by atoms with E-state index in [2.05, 4.69) is 15.6 Å². The van der Waals surface area contributed by atoms with Crippen molar-refractivity contribution in [3.05, 3.63) is 16.4 Å². The fourth-order valence-electron chi connectivity index (χ4n) is 5.51. The zero-order chi connectivity index (χ0) is 18.7. The molecule has 5 nitrogen and oxygen atoms in total. The number of aryl methyl sites for hydroxylation is 1. The summed E-state index contributed by atoms with van der Waals surface area (Å²) in [6, 6.07) is 0. The Morgan fingerprint density at radius 3 is 2.31 bits per heavy atom. The van der Waals surface area contributed by atoms with E-state index >= 15 is 0 Å². The number of carbonyl (C=O) groups excluding carboxylic acids is 1. The quantitative estimate of drug-likeness (QED) is 0.633. The van der Waals surface area contributed by atoms with Gasteiger partial charge in [0.25, 0.3) is 0 Å². The molecule has 4 saturated carbocycles. The van der Waals surface area contributed by atoms with Crippen LogP contribution in [-0.4, -0.2) is 21.9 Å². The lowest BCUT2D eigenvalue weighted by molar-refractivity contribution is -0.146. The van der Waals surface area contributed by atoms with Crippen molar-refractivity contribution < 1.29 is 18.0 Å². The van der Waals surface area contributed by atoms with Crippen LogP contribution in [0.15, 0.2) is 5.10 Å². The Morgan fingerprint density at radius 1 is 1.27 bits per heavy atom. The van der Waals surface area contributed by atoms with E-state index in [-0.39, 0.29) is 16.6 Å². The second-order valence-electron chi connectivity index (χ2n) is 8.07. The second-order valence-corrected chi connectivity index (χ2v) is 8.43. The molecule has 0 unspecified atom stereocenters. The van der Waals surface area contributed by atoms with Gasteiger partial charge < -0.3 is 0 Å². The number of rotatable bonds is 3. The molecule has 4 fully saturated rings. The number of nitrogens with one attached hydrogen (secondary N) is 1. The molecule has 5 rings (SSSR count). The summed E-state index contributed by atoms with van der Waals surface area (Å²) in [7, 11) is 1.32. The molecule has 142 valence electrons. The molecular formula is C17H20ClF3N4O. The average Bonchev–Trinajstić information content (AvgIpc) is 2.82. The SMILES string of the molecule is Cn1nc(C(F)(F)F)c(/C=N\NC(=O)C23CC4CC(CC(C4)C2)C3)c1Cl. The van der Waals surface area contributed by atoms with Crippen LogP contribution < -0.4 is 5.43 Å². The molecular weight excluding hydrogens is 369 g/mol. The topological polar surface area (TPSA) is 59.3 Å². The van der Waals surface area contributed by atoms with Crippen molar-refractivity contribution in [3.8, 4) is 0 Å². The molecule has 0 radical (unpaired) electrons. The molecule has 1 N–H and O–H groups in total. The molecule has 0 spiro atoms. The predicted octanol–water partition coefficient (Wildman–Crippen LogP) is 3.76. The number of carbonyl (C=O) groups is 1. The van der Waals surface area contributed by atoms with Crippen LogP contribution in [0.4, 0.5) is 13.2 Å². The third kappa shape index (κ3) is 2.92. The van der Waals surface area contributed by atoms with E-state index in [0.717, 1.165) is 30.2 Å². The summed E-state index contributed by atoms with van der Waals surface area (Å²) in [5, 5.41) is 7.00. The van der Waals surface area contributed by atoms with Crippen LogP contribution in [0.3, 0.4) is 0 Å². The highest BCUT2D eigenvalue weighted by atomic mass is 35.5. The lowest BCUT2D eigenvalue weighted by Crippen LogP contribution is -2.52. The van der Waals surface area contributed by atoms with Crippen molar-refractivity contribution in [1.29, 1.82) is 0 Å². The van der Waals surface area contributed by atoms with E-state index in [0.29, 0.717) is 17.8 Å². The average molecular weight is 389 g/mol. The van der Waals surface area contributed by atoms with Gasteiger partial charge in [-0.15, -0.1) is 0 Å². The van der Waals surface area contributed by atoms with E-state index in [1.807, 2.05) is 0 Å². The summed E-state index contributed by atoms with van der Waals surface area (Å²) in [6.45, 7) is 0. The lowest BCUT2D eigenvalue weighted by atomic mass is 9.49. The van der Waals surface area contributed by atoms with Gasteiger partial charge >= 0.3 is 6.18 Å². The highest BCUT2D eigenvalue weighted by Crippen LogP contribution is 2.60. The van der Waals surface area contributed by atoms with Crippen molar-refractivity contribution >= 4 is 23.7 Å². The van der Waals surface area contributed by atoms with E-state index in [9.17, 15) is 18.0 Å². The minimum absolute atomic E-state index is 0.176. The monoisotopic (exact) mass is 388 g/mol. The van der Waals surface area contributed by atoms with E-state index in [1.165, 1.54) is 26.3 Å². The van der Waals surface area contributed by atoms with Gasteiger partial charge in [-0.1, -0.05) is 11.6 Å². The predicted molar refractivity (Wildman–Crippen MR) is 89.6 cm³/mol. The zero-order valence-electron chi connectivity index (χ0n) is 14.3. The normalized spacial score (nSPS) is 33.2. The number of halogens is 4. The molecule has 1 aromatic rings. The first-order valence-corrected chi connectivity index (χ1v) is 9.19. The van der Waals surface area contributed by atoms with Crippen LogP contribution in [0, 0.1) is 23.2 Å². The third-order valence-corrected chi connectivity index (χ3v) is 6.61. The number of aromatic nitrogens is 2. The van der Waals surface area contributed by atoms with Crippen LogP contribution >= 0.6 is 11.6 Å². The summed E-state index contributed by atoms with van der Waals surface area (Å²) < 4.78 is 40.1. The Labute approximate surface area is 154 Å². The van der Waals surface area contributed by atoms with Crippen molar-refractivity contribution in [3.63, 3.8) is 0 Å². The summed E-state index contributed by atoms with van der Waals surface area (Å²) in [5.41, 5.74) is 0.612. The van der Waals surface area contributed by atoms with Gasteiger partial charge in [0.05, 0.1) is 17.2 Å². The fraction of sp³-hybridized carbons (Fsp3) is 0.706. The number of hydrogen-bond acceptors (Lipinski definition) is 3. The third-order valence-electron chi connectivity index (χ3n) is 6.16. The van der Waals surface area contributed by atoms with Gasteiger partial charge in [-0.2, -0.15) is 23.4 Å². The molecule has 4 bridgehead atoms. The van der Waals surface area contributed by atoms with Gasteiger partial charge in [-0.25, -0.2) is 5.43 Å². The van der Waals surface area contributed by atoms with Gasteiger partial charge in [-0.05, 0) is 56.3 Å². The molecule has 1 aromatic heterocycles. The van der Waals surface area contributed by atoms with Crippen molar-refractivity contribution in [2.75, 3.05) is 0 Å². The van der Waals surface area contributed by atoms with Crippen molar-refractivity contribution in [2.24, 2.45) is 35.3 Å². The van der Waals surface area contributed by atoms with Crippen LogP contribution in [-0.2, 0) is 18.0 Å². The van der Waals surface area contributed by atoms with E-state index in [4.69, 9.17) is 11.6 Å². The highest BCUT2D eigenvalue weighted by Gasteiger charge is 2.54. The number of nitrogens with zero attached hydrogens (tertiary/aromatic N) is 3. The Kier molecular flexibility index (Phi) is 4.09. The zero-order valence-corrected chi connectivity index (χ0v) is 15.1. The van der Waals surface area contributed by atoms with Gasteiger partial charge in [0.15, 0.2) is 5.69 Å². The first kappa shape index (κ1) is 17.8. The van der Waals surface area contributed by atoms with Crippen LogP contribution in [0.1, 0.15) is 49.8 Å². The summed E-state index contributed by atoms with van der Waals surface area (Å²) in [6.07, 6.45) is 2.50. The molecule has 0 aromatic carbocycles. The molecule has 9 heteroatoms. The summed E-state index contributed by atoms with van der Waals surface area (Å²) in [4.78, 5) is 12.8. The van der Waals surface area contributed by atoms with Crippen LogP contribution in [0.2, 0.25) is 5.15 Å². The standard InChI is InChI=1S/C17H20ClF3N4O/c1-25-14(18)12(13(24-25)17(19,20)21)8-22-23-15(26)16-5-9-2-10(6-16)4-11(3-9)7-16/h8-11H,2-7H2,1H3,(H,23,26)/b22-8-. The first-order valence-electron chi connectivity index (χ1n) is 8.81. The van der Waals surface area contributed by atoms with Gasteiger partial charge in [0.1, 0.15) is 5.15 Å². The largest absolute Gasteiger partial charge is 0.435 e. The Bertz CT molecular complexity index is 736. The highest BCUT2D eigenvalue weighted by molar-refractivity contribution is 6.32. The van der Waals surface area contributed by atoms with Gasteiger partial charge in [0, 0.05) is 7.05 Å². The lowest BCUT2D eigenvalue weighted by Gasteiger charge is -2.55. The number of hydrazone groups is 1.